The molecule has 1 atom stereocenters. The highest BCUT2D eigenvalue weighted by Gasteiger charge is 2.28. The number of nitrogens with zero attached hydrogens (tertiary/aromatic N) is 5. The van der Waals surface area contributed by atoms with Gasteiger partial charge in [-0.1, -0.05) is 19.0 Å². The van der Waals surface area contributed by atoms with Crippen molar-refractivity contribution in [3.8, 4) is 0 Å². The maximum absolute atomic E-state index is 11.8. The van der Waals surface area contributed by atoms with E-state index >= 15 is 0 Å². The van der Waals surface area contributed by atoms with Crippen molar-refractivity contribution in [3.63, 3.8) is 0 Å². The Labute approximate surface area is 151 Å². The molecule has 0 spiro atoms. The molecule has 1 aliphatic rings. The highest BCUT2D eigenvalue weighted by molar-refractivity contribution is 5.88. The third-order valence-electron chi connectivity index (χ3n) is 4.26. The zero-order valence-corrected chi connectivity index (χ0v) is 15.3. The van der Waals surface area contributed by atoms with Crippen LogP contribution in [0.25, 0.3) is 0 Å². The standard InChI is InChI=1S/C17H24N6O3/c1-10(2)7-14-21-15(26-22-14)11-5-4-6-23(9-11)17-19-12(16(24)25-3)8-13(18)20-17/h8,10-11H,4-7,9H2,1-3H3,(H2,18,19,20). The normalized spacial score (nSPS) is 17.5. The van der Waals surface area contributed by atoms with Gasteiger partial charge in [0.25, 0.3) is 0 Å². The molecule has 2 aromatic heterocycles. The number of rotatable bonds is 5. The van der Waals surface area contributed by atoms with Gasteiger partial charge in [-0.25, -0.2) is 9.78 Å². The molecule has 140 valence electrons. The van der Waals surface area contributed by atoms with Crippen LogP contribution >= 0.6 is 0 Å². The molecular formula is C17H24N6O3. The number of piperidine rings is 1. The van der Waals surface area contributed by atoms with Crippen LogP contribution in [0.4, 0.5) is 11.8 Å². The van der Waals surface area contributed by atoms with E-state index in [1.54, 1.807) is 0 Å². The fraction of sp³-hybridized carbons (Fsp3) is 0.588. The fourth-order valence-electron chi connectivity index (χ4n) is 3.05. The summed E-state index contributed by atoms with van der Waals surface area (Å²) in [6.45, 7) is 5.64. The Kier molecular flexibility index (Phi) is 5.34. The van der Waals surface area contributed by atoms with Crippen LogP contribution in [-0.2, 0) is 11.2 Å². The highest BCUT2D eigenvalue weighted by Crippen LogP contribution is 2.28. The Morgan fingerprint density at radius 3 is 2.96 bits per heavy atom. The zero-order chi connectivity index (χ0) is 18.7. The van der Waals surface area contributed by atoms with E-state index in [1.165, 1.54) is 13.2 Å². The number of nitrogen functional groups attached to an aromatic ring is 1. The van der Waals surface area contributed by atoms with Crippen LogP contribution < -0.4 is 10.6 Å². The molecule has 3 heterocycles. The van der Waals surface area contributed by atoms with E-state index in [1.807, 2.05) is 4.90 Å². The number of esters is 1. The first-order valence-corrected chi connectivity index (χ1v) is 8.76. The molecule has 0 bridgehead atoms. The van der Waals surface area contributed by atoms with Crippen molar-refractivity contribution in [1.82, 2.24) is 20.1 Å². The largest absolute Gasteiger partial charge is 0.464 e. The smallest absolute Gasteiger partial charge is 0.356 e. The molecule has 0 saturated carbocycles. The third-order valence-corrected chi connectivity index (χ3v) is 4.26. The van der Waals surface area contributed by atoms with Crippen molar-refractivity contribution in [2.24, 2.45) is 5.92 Å². The quantitative estimate of drug-likeness (QED) is 0.796. The van der Waals surface area contributed by atoms with Gasteiger partial charge in [-0.3, -0.25) is 0 Å². The van der Waals surface area contributed by atoms with Crippen molar-refractivity contribution < 1.29 is 14.1 Å². The summed E-state index contributed by atoms with van der Waals surface area (Å²) in [5.74, 6) is 2.06. The van der Waals surface area contributed by atoms with Crippen molar-refractivity contribution in [2.45, 2.75) is 39.0 Å². The first-order chi connectivity index (χ1) is 12.5. The summed E-state index contributed by atoms with van der Waals surface area (Å²) in [4.78, 5) is 26.8. The van der Waals surface area contributed by atoms with Gasteiger partial charge in [0.05, 0.1) is 13.0 Å². The van der Waals surface area contributed by atoms with Gasteiger partial charge in [-0.2, -0.15) is 9.97 Å². The number of anilines is 2. The minimum Gasteiger partial charge on any atom is -0.464 e. The van der Waals surface area contributed by atoms with Crippen LogP contribution in [0.1, 0.15) is 54.8 Å². The lowest BCUT2D eigenvalue weighted by Crippen LogP contribution is -2.36. The average Bonchev–Trinajstić information content (AvgIpc) is 3.08. The Bertz CT molecular complexity index is 776. The Balaban J connectivity index is 1.77. The van der Waals surface area contributed by atoms with Crippen LogP contribution in [-0.4, -0.2) is 46.3 Å². The predicted octanol–water partition coefficient (Wildman–Crippen LogP) is 1.81. The zero-order valence-electron chi connectivity index (χ0n) is 15.3. The van der Waals surface area contributed by atoms with Crippen LogP contribution in [0, 0.1) is 5.92 Å². The number of ether oxygens (including phenoxy) is 1. The van der Waals surface area contributed by atoms with Gasteiger partial charge in [-0.05, 0) is 18.8 Å². The number of hydrogen-bond donors (Lipinski definition) is 1. The van der Waals surface area contributed by atoms with E-state index in [4.69, 9.17) is 15.0 Å². The lowest BCUT2D eigenvalue weighted by atomic mass is 9.98. The maximum Gasteiger partial charge on any atom is 0.356 e. The number of methoxy groups -OCH3 is 1. The predicted molar refractivity (Wildman–Crippen MR) is 94.8 cm³/mol. The van der Waals surface area contributed by atoms with E-state index < -0.39 is 5.97 Å². The molecule has 9 nitrogen and oxygen atoms in total. The lowest BCUT2D eigenvalue weighted by Gasteiger charge is -2.31. The van der Waals surface area contributed by atoms with E-state index in [-0.39, 0.29) is 17.4 Å². The number of carbonyl (C=O) groups excluding carboxylic acids is 1. The minimum atomic E-state index is -0.538. The number of carbonyl (C=O) groups is 1. The molecule has 0 aromatic carbocycles. The van der Waals surface area contributed by atoms with Crippen LogP contribution in [0.15, 0.2) is 10.6 Å². The first kappa shape index (κ1) is 18.1. The summed E-state index contributed by atoms with van der Waals surface area (Å²) in [6, 6.07) is 1.41. The van der Waals surface area contributed by atoms with Crippen LogP contribution in [0.3, 0.4) is 0 Å². The van der Waals surface area contributed by atoms with Crippen molar-refractivity contribution in [1.29, 1.82) is 0 Å². The highest BCUT2D eigenvalue weighted by atomic mass is 16.5. The SMILES string of the molecule is COC(=O)c1cc(N)nc(N2CCCC(c3nc(CC(C)C)no3)C2)n1. The summed E-state index contributed by atoms with van der Waals surface area (Å²) in [7, 11) is 1.31. The summed E-state index contributed by atoms with van der Waals surface area (Å²) < 4.78 is 10.2. The number of aromatic nitrogens is 4. The molecule has 1 saturated heterocycles. The van der Waals surface area contributed by atoms with E-state index in [0.717, 1.165) is 31.6 Å². The van der Waals surface area contributed by atoms with Gasteiger partial charge >= 0.3 is 5.97 Å². The van der Waals surface area contributed by atoms with Gasteiger partial charge in [0.15, 0.2) is 11.5 Å². The van der Waals surface area contributed by atoms with Gasteiger partial charge in [0.2, 0.25) is 11.8 Å². The molecule has 1 unspecified atom stereocenters. The van der Waals surface area contributed by atoms with Crippen molar-refractivity contribution in [3.05, 3.63) is 23.5 Å². The minimum absolute atomic E-state index is 0.101. The van der Waals surface area contributed by atoms with E-state index in [9.17, 15) is 4.79 Å². The Hall–Kier alpha value is -2.71. The molecule has 0 aliphatic carbocycles. The molecule has 3 rings (SSSR count). The number of nitrogens with two attached hydrogens (primary N) is 1. The summed E-state index contributed by atoms with van der Waals surface area (Å²) >= 11 is 0. The second-order valence-corrected chi connectivity index (χ2v) is 6.90. The maximum atomic E-state index is 11.8. The molecule has 1 aliphatic heterocycles. The second-order valence-electron chi connectivity index (χ2n) is 6.90. The first-order valence-electron chi connectivity index (χ1n) is 8.76. The molecule has 26 heavy (non-hydrogen) atoms. The second kappa shape index (κ2) is 7.67. The van der Waals surface area contributed by atoms with Gasteiger partial charge in [-0.15, -0.1) is 0 Å². The Morgan fingerprint density at radius 2 is 2.23 bits per heavy atom. The fourth-order valence-corrected chi connectivity index (χ4v) is 3.05. The van der Waals surface area contributed by atoms with Gasteiger partial charge < -0.3 is 19.9 Å². The molecule has 2 aromatic rings. The summed E-state index contributed by atoms with van der Waals surface area (Å²) in [5.41, 5.74) is 5.97. The van der Waals surface area contributed by atoms with E-state index in [2.05, 4.69) is 34.0 Å². The molecule has 0 amide bonds. The monoisotopic (exact) mass is 360 g/mol. The Morgan fingerprint density at radius 1 is 1.42 bits per heavy atom. The molecule has 0 radical (unpaired) electrons. The van der Waals surface area contributed by atoms with Crippen molar-refractivity contribution in [2.75, 3.05) is 30.8 Å². The molecular weight excluding hydrogens is 336 g/mol. The van der Waals surface area contributed by atoms with Crippen LogP contribution in [0.5, 0.6) is 0 Å². The summed E-state index contributed by atoms with van der Waals surface area (Å²) in [5, 5.41) is 4.07. The average molecular weight is 360 g/mol. The third kappa shape index (κ3) is 4.09. The van der Waals surface area contributed by atoms with Crippen LogP contribution in [0.2, 0.25) is 0 Å². The molecule has 2 N–H and O–H groups in total. The van der Waals surface area contributed by atoms with Gasteiger partial charge in [0.1, 0.15) is 5.82 Å². The lowest BCUT2D eigenvalue weighted by molar-refractivity contribution is 0.0594. The summed E-state index contributed by atoms with van der Waals surface area (Å²) in [6.07, 6.45) is 2.67. The molecule has 9 heteroatoms. The topological polar surface area (TPSA) is 120 Å². The van der Waals surface area contributed by atoms with E-state index in [0.29, 0.717) is 24.3 Å². The van der Waals surface area contributed by atoms with Crippen molar-refractivity contribution >= 4 is 17.7 Å². The van der Waals surface area contributed by atoms with Gasteiger partial charge in [0, 0.05) is 25.6 Å². The molecule has 1 fully saturated rings. The number of hydrogen-bond acceptors (Lipinski definition) is 9.